The van der Waals surface area contributed by atoms with E-state index < -0.39 is 0 Å². The highest BCUT2D eigenvalue weighted by Gasteiger charge is 2.11. The van der Waals surface area contributed by atoms with E-state index in [9.17, 15) is 0 Å². The number of hydrogen-bond acceptors (Lipinski definition) is 3. The molecule has 0 heterocycles. The fourth-order valence-electron chi connectivity index (χ4n) is 1.43. The lowest BCUT2D eigenvalue weighted by Crippen LogP contribution is -2.35. The van der Waals surface area contributed by atoms with Crippen molar-refractivity contribution in [1.29, 1.82) is 0 Å². The molecule has 0 radical (unpaired) electrons. The van der Waals surface area contributed by atoms with Crippen LogP contribution in [-0.4, -0.2) is 6.54 Å². The second kappa shape index (κ2) is 4.86. The second-order valence-electron chi connectivity index (χ2n) is 4.18. The lowest BCUT2D eigenvalue weighted by molar-refractivity contribution is 0.621. The molecular weight excluding hydrogens is 254 g/mol. The van der Waals surface area contributed by atoms with Crippen LogP contribution in [0.25, 0.3) is 0 Å². The molecule has 0 aliphatic rings. The maximum atomic E-state index is 5.99. The predicted molar refractivity (Wildman–Crippen MR) is 69.7 cm³/mol. The summed E-state index contributed by atoms with van der Waals surface area (Å²) >= 11 is 3.46. The van der Waals surface area contributed by atoms with Crippen molar-refractivity contribution in [3.05, 3.63) is 22.2 Å². The van der Waals surface area contributed by atoms with Crippen LogP contribution in [0.1, 0.15) is 19.4 Å². The van der Waals surface area contributed by atoms with Gasteiger partial charge in [-0.3, -0.25) is 0 Å². The molecule has 0 bridgehead atoms. The Morgan fingerprint density at radius 1 is 1.40 bits per heavy atom. The van der Waals surface area contributed by atoms with Gasteiger partial charge < -0.3 is 10.7 Å². The number of benzene rings is 1. The second-order valence-corrected chi connectivity index (χ2v) is 4.97. The van der Waals surface area contributed by atoms with Gasteiger partial charge in [-0.15, -0.1) is 0 Å². The molecule has 15 heavy (non-hydrogen) atoms. The fourth-order valence-corrected chi connectivity index (χ4v) is 1.77. The first-order valence-corrected chi connectivity index (χ1v) is 5.79. The first-order valence-electron chi connectivity index (χ1n) is 5.00. The molecule has 1 rings (SSSR count). The van der Waals surface area contributed by atoms with E-state index in [-0.39, 0.29) is 0 Å². The number of nitrogens with two attached hydrogens (primary N) is 2. The molecular formula is C11H18BrN3. The van der Waals surface area contributed by atoms with Gasteiger partial charge in [-0.1, -0.05) is 19.9 Å². The zero-order chi connectivity index (χ0) is 11.6. The van der Waals surface area contributed by atoms with Crippen molar-refractivity contribution in [3.63, 3.8) is 0 Å². The summed E-state index contributed by atoms with van der Waals surface area (Å²) in [6, 6.07) is 3.97. The number of nitrogen functional groups attached to an aromatic ring is 1. The zero-order valence-electron chi connectivity index (χ0n) is 9.42. The molecule has 0 aromatic heterocycles. The first kappa shape index (κ1) is 12.3. The Morgan fingerprint density at radius 2 is 2.00 bits per heavy atom. The molecule has 0 aliphatic carbocycles. The maximum absolute atomic E-state index is 5.99. The van der Waals surface area contributed by atoms with Gasteiger partial charge >= 0.3 is 0 Å². The number of nitrogens with zero attached hydrogens (tertiary/aromatic N) is 1. The van der Waals surface area contributed by atoms with Crippen LogP contribution in [0.4, 0.5) is 11.4 Å². The van der Waals surface area contributed by atoms with Crippen molar-refractivity contribution in [2.45, 2.75) is 20.8 Å². The van der Waals surface area contributed by atoms with Crippen molar-refractivity contribution in [1.82, 2.24) is 0 Å². The third kappa shape index (κ3) is 2.86. The van der Waals surface area contributed by atoms with Crippen LogP contribution in [0.15, 0.2) is 16.6 Å². The van der Waals surface area contributed by atoms with E-state index >= 15 is 0 Å². The van der Waals surface area contributed by atoms with Crippen LogP contribution in [0.5, 0.6) is 0 Å². The van der Waals surface area contributed by atoms with E-state index in [0.717, 1.165) is 22.3 Å². The van der Waals surface area contributed by atoms with Crippen molar-refractivity contribution in [2.75, 3.05) is 17.3 Å². The maximum Gasteiger partial charge on any atom is 0.0758 e. The minimum absolute atomic E-state index is 0.509. The number of rotatable bonds is 3. The Labute approximate surface area is 99.5 Å². The van der Waals surface area contributed by atoms with Gasteiger partial charge in [-0.2, -0.15) is 0 Å². The van der Waals surface area contributed by atoms with Crippen LogP contribution in [-0.2, 0) is 0 Å². The summed E-state index contributed by atoms with van der Waals surface area (Å²) in [6.45, 7) is 7.05. The molecule has 0 amide bonds. The molecule has 0 saturated heterocycles. The van der Waals surface area contributed by atoms with Gasteiger partial charge in [0, 0.05) is 11.0 Å². The van der Waals surface area contributed by atoms with Crippen molar-refractivity contribution in [2.24, 2.45) is 11.8 Å². The predicted octanol–water partition coefficient (Wildman–Crippen LogP) is 2.68. The van der Waals surface area contributed by atoms with Gasteiger partial charge in [0.25, 0.3) is 0 Å². The van der Waals surface area contributed by atoms with Gasteiger partial charge in [0.1, 0.15) is 0 Å². The Kier molecular flexibility index (Phi) is 3.99. The van der Waals surface area contributed by atoms with Crippen molar-refractivity contribution in [3.8, 4) is 0 Å². The van der Waals surface area contributed by atoms with E-state index in [1.165, 1.54) is 0 Å². The summed E-state index contributed by atoms with van der Waals surface area (Å²) in [5.74, 6) is 6.46. The number of hydrazine groups is 1. The molecule has 1 aromatic carbocycles. The van der Waals surface area contributed by atoms with Gasteiger partial charge in [0.2, 0.25) is 0 Å². The van der Waals surface area contributed by atoms with Crippen LogP contribution in [0.3, 0.4) is 0 Å². The van der Waals surface area contributed by atoms with Crippen LogP contribution in [0.2, 0.25) is 0 Å². The van der Waals surface area contributed by atoms with Crippen molar-refractivity contribution < 1.29 is 0 Å². The Bertz CT molecular complexity index is 350. The molecule has 0 aliphatic heterocycles. The summed E-state index contributed by atoms with van der Waals surface area (Å²) in [5.41, 5.74) is 8.69. The summed E-state index contributed by atoms with van der Waals surface area (Å²) in [7, 11) is 0. The van der Waals surface area contributed by atoms with Gasteiger partial charge in [-0.05, 0) is 40.4 Å². The van der Waals surface area contributed by atoms with E-state index in [1.54, 1.807) is 5.01 Å². The van der Waals surface area contributed by atoms with Crippen LogP contribution in [0, 0.1) is 12.8 Å². The minimum atomic E-state index is 0.509. The van der Waals surface area contributed by atoms with E-state index in [1.807, 2.05) is 19.1 Å². The Morgan fingerprint density at radius 3 is 2.53 bits per heavy atom. The van der Waals surface area contributed by atoms with Crippen molar-refractivity contribution >= 4 is 27.3 Å². The third-order valence-corrected chi connectivity index (χ3v) is 3.27. The lowest BCUT2D eigenvalue weighted by atomic mass is 10.1. The molecule has 1 aromatic rings. The fraction of sp³-hybridized carbons (Fsp3) is 0.455. The van der Waals surface area contributed by atoms with Gasteiger partial charge in [-0.25, -0.2) is 5.84 Å². The first-order chi connectivity index (χ1) is 6.93. The van der Waals surface area contributed by atoms with Gasteiger partial charge in [0.15, 0.2) is 0 Å². The number of halogens is 1. The SMILES string of the molecule is Cc1ccc(N(N)CC(C)C)c(N)c1Br. The molecule has 4 heteroatoms. The normalized spacial score (nSPS) is 10.8. The molecule has 0 atom stereocenters. The van der Waals surface area contributed by atoms with E-state index in [2.05, 4.69) is 29.8 Å². The molecule has 0 fully saturated rings. The number of anilines is 2. The zero-order valence-corrected chi connectivity index (χ0v) is 11.0. The van der Waals surface area contributed by atoms with Gasteiger partial charge in [0.05, 0.1) is 11.4 Å². The lowest BCUT2D eigenvalue weighted by Gasteiger charge is -2.23. The summed E-state index contributed by atoms with van der Waals surface area (Å²) in [6.07, 6.45) is 0. The Hall–Kier alpha value is -0.740. The number of aryl methyl sites for hydroxylation is 1. The smallest absolute Gasteiger partial charge is 0.0758 e. The monoisotopic (exact) mass is 271 g/mol. The largest absolute Gasteiger partial charge is 0.396 e. The van der Waals surface area contributed by atoms with Crippen LogP contribution >= 0.6 is 15.9 Å². The standard InChI is InChI=1S/C11H18BrN3/c1-7(2)6-15(14)9-5-4-8(3)10(12)11(9)13/h4-5,7H,6,13-14H2,1-3H3. The van der Waals surface area contributed by atoms with Crippen LogP contribution < -0.4 is 16.6 Å². The molecule has 0 spiro atoms. The quantitative estimate of drug-likeness (QED) is 0.505. The minimum Gasteiger partial charge on any atom is -0.396 e. The molecule has 4 N–H and O–H groups in total. The molecule has 0 saturated carbocycles. The average molecular weight is 272 g/mol. The number of hydrogen-bond donors (Lipinski definition) is 2. The highest BCUT2D eigenvalue weighted by atomic mass is 79.9. The third-order valence-electron chi connectivity index (χ3n) is 2.22. The average Bonchev–Trinajstić information content (AvgIpc) is 2.13. The summed E-state index contributed by atoms with van der Waals surface area (Å²) in [5, 5.41) is 1.70. The summed E-state index contributed by atoms with van der Waals surface area (Å²) < 4.78 is 0.930. The van der Waals surface area contributed by atoms with E-state index in [0.29, 0.717) is 11.6 Å². The molecule has 84 valence electrons. The highest BCUT2D eigenvalue weighted by Crippen LogP contribution is 2.32. The topological polar surface area (TPSA) is 55.3 Å². The molecule has 3 nitrogen and oxygen atoms in total. The summed E-state index contributed by atoms with van der Waals surface area (Å²) in [4.78, 5) is 0. The highest BCUT2D eigenvalue weighted by molar-refractivity contribution is 9.10. The Balaban J connectivity index is 3.00. The molecule has 0 unspecified atom stereocenters. The van der Waals surface area contributed by atoms with E-state index in [4.69, 9.17) is 11.6 Å².